The van der Waals surface area contributed by atoms with Crippen LogP contribution < -0.4 is 5.32 Å². The predicted molar refractivity (Wildman–Crippen MR) is 92.8 cm³/mol. The monoisotopic (exact) mass is 355 g/mol. The third kappa shape index (κ3) is 5.08. The second-order valence-corrected chi connectivity index (χ2v) is 8.16. The summed E-state index contributed by atoms with van der Waals surface area (Å²) < 4.78 is 11.9. The van der Waals surface area contributed by atoms with E-state index in [-0.39, 0.29) is 24.4 Å². The van der Waals surface area contributed by atoms with Crippen molar-refractivity contribution < 1.29 is 24.0 Å². The van der Waals surface area contributed by atoms with Crippen molar-refractivity contribution in [1.29, 1.82) is 0 Å². The van der Waals surface area contributed by atoms with Crippen LogP contribution in [0.4, 0.5) is 4.79 Å². The highest BCUT2D eigenvalue weighted by Gasteiger charge is 2.44. The largest absolute Gasteiger partial charge is 0.446 e. The van der Waals surface area contributed by atoms with Gasteiger partial charge in [-0.25, -0.2) is 14.6 Å². The molecule has 1 N–H and O–H groups in total. The maximum atomic E-state index is 11.8. The molecule has 2 bridgehead atoms. The van der Waals surface area contributed by atoms with Gasteiger partial charge in [-0.2, -0.15) is 0 Å². The van der Waals surface area contributed by atoms with Crippen LogP contribution >= 0.6 is 0 Å². The van der Waals surface area contributed by atoms with Gasteiger partial charge in [0.05, 0.1) is 12.2 Å². The Bertz CT molecular complexity index is 453. The van der Waals surface area contributed by atoms with E-state index in [0.717, 1.165) is 43.9 Å². The molecule has 2 saturated heterocycles. The molecular formula is C19H33NO5. The predicted octanol–water partition coefficient (Wildman–Crippen LogP) is 3.93. The van der Waals surface area contributed by atoms with Gasteiger partial charge in [0, 0.05) is 19.4 Å². The lowest BCUT2D eigenvalue weighted by atomic mass is 9.70. The molecule has 0 aromatic rings. The van der Waals surface area contributed by atoms with E-state index >= 15 is 0 Å². The molecule has 4 unspecified atom stereocenters. The molecule has 2 aliphatic heterocycles. The maximum absolute atomic E-state index is 11.8. The van der Waals surface area contributed by atoms with Gasteiger partial charge in [-0.1, -0.05) is 0 Å². The Morgan fingerprint density at radius 1 is 1.16 bits per heavy atom. The van der Waals surface area contributed by atoms with Crippen LogP contribution in [-0.2, 0) is 19.2 Å². The van der Waals surface area contributed by atoms with Crippen LogP contribution in [0.2, 0.25) is 0 Å². The van der Waals surface area contributed by atoms with Crippen molar-refractivity contribution in [2.75, 3.05) is 6.54 Å². The molecule has 1 spiro atoms. The molecule has 4 atom stereocenters. The number of rotatable bonds is 2. The second-order valence-electron chi connectivity index (χ2n) is 8.16. The number of hydrogen-bond donors (Lipinski definition) is 1. The third-order valence-corrected chi connectivity index (χ3v) is 5.66. The van der Waals surface area contributed by atoms with E-state index in [4.69, 9.17) is 19.2 Å². The van der Waals surface area contributed by atoms with Crippen LogP contribution in [0.15, 0.2) is 0 Å². The number of amides is 1. The van der Waals surface area contributed by atoms with E-state index in [9.17, 15) is 4.79 Å². The number of hydrogen-bond acceptors (Lipinski definition) is 5. The minimum Gasteiger partial charge on any atom is -0.446 e. The van der Waals surface area contributed by atoms with Crippen molar-refractivity contribution in [1.82, 2.24) is 5.32 Å². The topological polar surface area (TPSA) is 66.0 Å². The molecule has 4 rings (SSSR count). The van der Waals surface area contributed by atoms with Crippen molar-refractivity contribution in [3.63, 3.8) is 0 Å². The van der Waals surface area contributed by atoms with Crippen LogP contribution in [0.25, 0.3) is 0 Å². The van der Waals surface area contributed by atoms with Crippen molar-refractivity contribution >= 4 is 6.09 Å². The van der Waals surface area contributed by atoms with Crippen molar-refractivity contribution in [2.24, 2.45) is 11.8 Å². The van der Waals surface area contributed by atoms with Crippen LogP contribution in [0.3, 0.4) is 0 Å². The van der Waals surface area contributed by atoms with Gasteiger partial charge in [0.25, 0.3) is 0 Å². The lowest BCUT2D eigenvalue weighted by Gasteiger charge is -2.41. The number of alkyl carbamates (subject to hydrolysis) is 1. The zero-order valence-electron chi connectivity index (χ0n) is 15.8. The summed E-state index contributed by atoms with van der Waals surface area (Å²) in [6, 6.07) is 0. The summed E-state index contributed by atoms with van der Waals surface area (Å²) in [5.41, 5.74) is 0. The van der Waals surface area contributed by atoms with Crippen LogP contribution in [-0.4, -0.2) is 36.7 Å². The summed E-state index contributed by atoms with van der Waals surface area (Å²) in [5.74, 6) is 0.705. The zero-order valence-corrected chi connectivity index (χ0v) is 15.8. The average molecular weight is 355 g/mol. The molecular weight excluding hydrogens is 322 g/mol. The molecule has 4 fully saturated rings. The average Bonchev–Trinajstić information content (AvgIpc) is 2.54. The third-order valence-electron chi connectivity index (χ3n) is 5.66. The van der Waals surface area contributed by atoms with E-state index in [2.05, 4.69) is 19.2 Å². The van der Waals surface area contributed by atoms with Crippen LogP contribution in [0.5, 0.6) is 0 Å². The Kier molecular flexibility index (Phi) is 6.23. The Labute approximate surface area is 150 Å². The standard InChI is InChI=1S/C19H33NO5/c1-4-20-18(21)22-17-6-5-7-19(12-17)23-13(2)8-15-10-16(11-15)9-14(3)24-25-19/h13-17H,4-12H2,1-3H3,(H,20,21). The summed E-state index contributed by atoms with van der Waals surface area (Å²) in [7, 11) is 0. The highest BCUT2D eigenvalue weighted by Crippen LogP contribution is 2.43. The van der Waals surface area contributed by atoms with Gasteiger partial charge in [0.2, 0.25) is 5.79 Å². The Morgan fingerprint density at radius 3 is 2.60 bits per heavy atom. The van der Waals surface area contributed by atoms with Gasteiger partial charge >= 0.3 is 6.09 Å². The lowest BCUT2D eigenvalue weighted by Crippen LogP contribution is -2.47. The number of carbonyl (C=O) groups is 1. The summed E-state index contributed by atoms with van der Waals surface area (Å²) in [5, 5.41) is 2.69. The molecule has 2 saturated carbocycles. The molecule has 0 aromatic carbocycles. The molecule has 6 heteroatoms. The lowest BCUT2D eigenvalue weighted by molar-refractivity contribution is -0.458. The highest BCUT2D eigenvalue weighted by molar-refractivity contribution is 5.67. The second kappa shape index (κ2) is 8.23. The maximum Gasteiger partial charge on any atom is 0.407 e. The number of fused-ring (bicyclic) bond motifs is 5. The van der Waals surface area contributed by atoms with Gasteiger partial charge in [0.1, 0.15) is 6.10 Å². The summed E-state index contributed by atoms with van der Waals surface area (Å²) in [6.45, 7) is 6.62. The smallest absolute Gasteiger partial charge is 0.407 e. The molecule has 6 nitrogen and oxygen atoms in total. The Morgan fingerprint density at radius 2 is 1.88 bits per heavy atom. The van der Waals surface area contributed by atoms with E-state index in [0.29, 0.717) is 13.0 Å². The molecule has 0 aromatic heterocycles. The minimum atomic E-state index is -0.808. The Hall–Kier alpha value is -0.850. The number of nitrogens with one attached hydrogen (secondary N) is 1. The van der Waals surface area contributed by atoms with Gasteiger partial charge < -0.3 is 14.8 Å². The zero-order chi connectivity index (χ0) is 17.9. The molecule has 4 aliphatic rings. The van der Waals surface area contributed by atoms with Crippen molar-refractivity contribution in [3.8, 4) is 0 Å². The first-order valence-electron chi connectivity index (χ1n) is 9.95. The van der Waals surface area contributed by atoms with Gasteiger partial charge in [-0.05, 0) is 71.1 Å². The fourth-order valence-electron chi connectivity index (χ4n) is 4.61. The molecule has 25 heavy (non-hydrogen) atoms. The first-order chi connectivity index (χ1) is 12.0. The number of ether oxygens (including phenoxy) is 2. The fourth-order valence-corrected chi connectivity index (χ4v) is 4.61. The van der Waals surface area contributed by atoms with Gasteiger partial charge in [0.15, 0.2) is 0 Å². The van der Waals surface area contributed by atoms with E-state index in [1.54, 1.807) is 0 Å². The normalized spacial score (nSPS) is 42.1. The first-order valence-corrected chi connectivity index (χ1v) is 9.95. The summed E-state index contributed by atoms with van der Waals surface area (Å²) in [6.07, 6.45) is 7.28. The first kappa shape index (κ1) is 18.9. The summed E-state index contributed by atoms with van der Waals surface area (Å²) in [4.78, 5) is 23.4. The van der Waals surface area contributed by atoms with E-state index in [1.807, 2.05) is 6.92 Å². The molecule has 1 amide bonds. The highest BCUT2D eigenvalue weighted by atomic mass is 17.2. The van der Waals surface area contributed by atoms with E-state index < -0.39 is 5.79 Å². The van der Waals surface area contributed by atoms with E-state index in [1.165, 1.54) is 12.8 Å². The summed E-state index contributed by atoms with van der Waals surface area (Å²) >= 11 is 0. The van der Waals surface area contributed by atoms with Crippen LogP contribution in [0, 0.1) is 11.8 Å². The molecule has 2 aliphatic carbocycles. The van der Waals surface area contributed by atoms with Crippen molar-refractivity contribution in [2.45, 2.75) is 96.2 Å². The Balaban J connectivity index is 1.65. The van der Waals surface area contributed by atoms with Gasteiger partial charge in [-0.3, -0.25) is 0 Å². The molecule has 0 radical (unpaired) electrons. The SMILES string of the molecule is CCNC(=O)OC1CCCC2(C1)OOC(C)CC1CC(C1)CC(C)O2. The fraction of sp³-hybridized carbons (Fsp3) is 0.947. The van der Waals surface area contributed by atoms with Crippen LogP contribution in [0.1, 0.15) is 72.1 Å². The quantitative estimate of drug-likeness (QED) is 0.760. The molecule has 144 valence electrons. The van der Waals surface area contributed by atoms with Crippen molar-refractivity contribution in [3.05, 3.63) is 0 Å². The number of carbonyl (C=O) groups excluding carboxylic acids is 1. The van der Waals surface area contributed by atoms with Gasteiger partial charge in [-0.15, -0.1) is 0 Å². The minimum absolute atomic E-state index is 0.0597. The molecule has 2 heterocycles.